The molecule has 174 valence electrons. The Morgan fingerprint density at radius 1 is 0.727 bits per heavy atom. The lowest BCUT2D eigenvalue weighted by atomic mass is 10.1. The van der Waals surface area contributed by atoms with Crippen molar-refractivity contribution in [3.8, 4) is 5.75 Å². The third kappa shape index (κ3) is 4.39. The van der Waals surface area contributed by atoms with Crippen molar-refractivity contribution in [2.24, 2.45) is 0 Å². The topological polar surface area (TPSA) is 60.9 Å². The van der Waals surface area contributed by atoms with Crippen LogP contribution in [0.15, 0.2) is 30.3 Å². The molecule has 8 nitrogen and oxygen atoms in total. The average molecular weight is 448 g/mol. The number of ether oxygens (including phenoxy) is 1. The van der Waals surface area contributed by atoms with Crippen molar-refractivity contribution >= 4 is 28.4 Å². The van der Waals surface area contributed by atoms with Gasteiger partial charge in [0.25, 0.3) is 0 Å². The zero-order chi connectivity index (χ0) is 22.9. The molecule has 3 aromatic rings. The van der Waals surface area contributed by atoms with E-state index in [2.05, 4.69) is 51.8 Å². The molecule has 0 bridgehead atoms. The SMILES string of the molecule is COc1cccc2c(C)cc(N3CCN(c4cc(N5CCN(C)CC5)nc(C)n4)CC3)nc12. The summed E-state index contributed by atoms with van der Waals surface area (Å²) in [5.74, 6) is 4.75. The second kappa shape index (κ2) is 9.02. The fraction of sp³-hybridized carbons (Fsp3) is 0.480. The van der Waals surface area contributed by atoms with Crippen LogP contribution in [0.25, 0.3) is 10.9 Å². The molecule has 0 amide bonds. The molecule has 1 aromatic carbocycles. The van der Waals surface area contributed by atoms with Crippen LogP contribution in [0.1, 0.15) is 11.4 Å². The number of nitrogens with zero attached hydrogens (tertiary/aromatic N) is 7. The zero-order valence-corrected chi connectivity index (χ0v) is 20.1. The molecule has 2 fully saturated rings. The first-order valence-electron chi connectivity index (χ1n) is 11.8. The quantitative estimate of drug-likeness (QED) is 0.605. The van der Waals surface area contributed by atoms with E-state index in [1.807, 2.05) is 19.1 Å². The molecule has 0 unspecified atom stereocenters. The predicted octanol–water partition coefficient (Wildman–Crippen LogP) is 2.73. The third-order valence-electron chi connectivity index (χ3n) is 6.78. The lowest BCUT2D eigenvalue weighted by Gasteiger charge is -2.37. The van der Waals surface area contributed by atoms with Gasteiger partial charge >= 0.3 is 0 Å². The van der Waals surface area contributed by atoms with Crippen molar-refractivity contribution in [3.05, 3.63) is 41.7 Å². The molecule has 4 heterocycles. The highest BCUT2D eigenvalue weighted by Crippen LogP contribution is 2.30. The molecule has 0 saturated carbocycles. The van der Waals surface area contributed by atoms with Gasteiger partial charge in [-0.2, -0.15) is 0 Å². The highest BCUT2D eigenvalue weighted by atomic mass is 16.5. The highest BCUT2D eigenvalue weighted by Gasteiger charge is 2.23. The number of hydrogen-bond donors (Lipinski definition) is 0. The number of aryl methyl sites for hydroxylation is 2. The predicted molar refractivity (Wildman–Crippen MR) is 134 cm³/mol. The van der Waals surface area contributed by atoms with Gasteiger partial charge in [-0.1, -0.05) is 12.1 Å². The Bertz CT molecular complexity index is 1140. The molecular weight excluding hydrogens is 414 g/mol. The Morgan fingerprint density at radius 2 is 1.27 bits per heavy atom. The summed E-state index contributed by atoms with van der Waals surface area (Å²) >= 11 is 0. The number of likely N-dealkylation sites (N-methyl/N-ethyl adjacent to an activating group) is 1. The number of hydrogen-bond acceptors (Lipinski definition) is 8. The minimum atomic E-state index is 0.823. The lowest BCUT2D eigenvalue weighted by molar-refractivity contribution is 0.312. The van der Waals surface area contributed by atoms with Gasteiger partial charge in [0.2, 0.25) is 0 Å². The third-order valence-corrected chi connectivity index (χ3v) is 6.78. The fourth-order valence-electron chi connectivity index (χ4n) is 4.76. The van der Waals surface area contributed by atoms with Crippen LogP contribution in [0.4, 0.5) is 17.5 Å². The van der Waals surface area contributed by atoms with Crippen LogP contribution in [-0.2, 0) is 0 Å². The number of pyridine rings is 1. The first-order valence-corrected chi connectivity index (χ1v) is 11.8. The van der Waals surface area contributed by atoms with Crippen molar-refractivity contribution in [1.82, 2.24) is 19.9 Å². The summed E-state index contributed by atoms with van der Waals surface area (Å²) in [5, 5.41) is 1.14. The minimum Gasteiger partial charge on any atom is -0.494 e. The largest absolute Gasteiger partial charge is 0.494 e. The van der Waals surface area contributed by atoms with Gasteiger partial charge in [-0.15, -0.1) is 0 Å². The van der Waals surface area contributed by atoms with Gasteiger partial charge in [-0.3, -0.25) is 0 Å². The van der Waals surface area contributed by atoms with E-state index < -0.39 is 0 Å². The summed E-state index contributed by atoms with van der Waals surface area (Å²) in [6.45, 7) is 11.9. The molecule has 2 aromatic heterocycles. The first-order chi connectivity index (χ1) is 16.0. The number of rotatable bonds is 4. The van der Waals surface area contributed by atoms with Gasteiger partial charge in [0.1, 0.15) is 34.5 Å². The molecular formula is C25H33N7O. The van der Waals surface area contributed by atoms with Crippen LogP contribution in [-0.4, -0.2) is 86.4 Å². The Morgan fingerprint density at radius 3 is 1.85 bits per heavy atom. The van der Waals surface area contributed by atoms with Crippen molar-refractivity contribution in [1.29, 1.82) is 0 Å². The van der Waals surface area contributed by atoms with E-state index >= 15 is 0 Å². The van der Waals surface area contributed by atoms with Crippen molar-refractivity contribution in [2.45, 2.75) is 13.8 Å². The molecule has 0 spiro atoms. The second-order valence-electron chi connectivity index (χ2n) is 9.05. The van der Waals surface area contributed by atoms with Crippen LogP contribution in [0.5, 0.6) is 5.75 Å². The monoisotopic (exact) mass is 447 g/mol. The fourth-order valence-corrected chi connectivity index (χ4v) is 4.76. The summed E-state index contributed by atoms with van der Waals surface area (Å²) in [6.07, 6.45) is 0. The summed E-state index contributed by atoms with van der Waals surface area (Å²) in [6, 6.07) is 10.5. The zero-order valence-electron chi connectivity index (χ0n) is 20.1. The maximum absolute atomic E-state index is 5.57. The van der Waals surface area contributed by atoms with Crippen LogP contribution in [0, 0.1) is 13.8 Å². The smallest absolute Gasteiger partial charge is 0.145 e. The number of piperazine rings is 2. The average Bonchev–Trinajstić information content (AvgIpc) is 2.84. The Labute approximate surface area is 195 Å². The minimum absolute atomic E-state index is 0.823. The molecule has 2 aliphatic rings. The summed E-state index contributed by atoms with van der Waals surface area (Å²) < 4.78 is 5.57. The molecule has 2 saturated heterocycles. The number of fused-ring (bicyclic) bond motifs is 1. The van der Waals surface area contributed by atoms with Crippen molar-refractivity contribution in [3.63, 3.8) is 0 Å². The van der Waals surface area contributed by atoms with Crippen LogP contribution in [0.2, 0.25) is 0 Å². The van der Waals surface area contributed by atoms with Crippen molar-refractivity contribution < 1.29 is 4.74 Å². The van der Waals surface area contributed by atoms with Crippen LogP contribution in [0.3, 0.4) is 0 Å². The number of methoxy groups -OCH3 is 1. The van der Waals surface area contributed by atoms with Crippen LogP contribution < -0.4 is 19.4 Å². The van der Waals surface area contributed by atoms with E-state index in [0.29, 0.717) is 0 Å². The lowest BCUT2D eigenvalue weighted by Crippen LogP contribution is -2.47. The van der Waals surface area contributed by atoms with Gasteiger partial charge in [0, 0.05) is 63.8 Å². The van der Waals surface area contributed by atoms with E-state index in [-0.39, 0.29) is 0 Å². The van der Waals surface area contributed by atoms with E-state index in [1.54, 1.807) is 7.11 Å². The maximum Gasteiger partial charge on any atom is 0.145 e. The summed E-state index contributed by atoms with van der Waals surface area (Å²) in [5.41, 5.74) is 2.15. The summed E-state index contributed by atoms with van der Waals surface area (Å²) in [4.78, 5) is 24.0. The number of benzene rings is 1. The maximum atomic E-state index is 5.57. The number of aromatic nitrogens is 3. The molecule has 0 aliphatic carbocycles. The van der Waals surface area contributed by atoms with Gasteiger partial charge in [0.15, 0.2) is 0 Å². The van der Waals surface area contributed by atoms with E-state index in [9.17, 15) is 0 Å². The Kier molecular flexibility index (Phi) is 5.93. The summed E-state index contributed by atoms with van der Waals surface area (Å²) in [7, 11) is 3.88. The van der Waals surface area contributed by atoms with Crippen LogP contribution >= 0.6 is 0 Å². The first kappa shape index (κ1) is 21.7. The second-order valence-corrected chi connectivity index (χ2v) is 9.05. The van der Waals surface area contributed by atoms with Gasteiger partial charge in [-0.25, -0.2) is 15.0 Å². The molecule has 0 atom stereocenters. The van der Waals surface area contributed by atoms with E-state index in [0.717, 1.165) is 92.3 Å². The Hall–Kier alpha value is -3.13. The molecule has 2 aliphatic heterocycles. The molecule has 5 rings (SSSR count). The normalized spacial score (nSPS) is 17.6. The van der Waals surface area contributed by atoms with Crippen molar-refractivity contribution in [2.75, 3.05) is 81.2 Å². The van der Waals surface area contributed by atoms with E-state index in [4.69, 9.17) is 19.7 Å². The highest BCUT2D eigenvalue weighted by molar-refractivity contribution is 5.89. The molecule has 0 N–H and O–H groups in total. The molecule has 8 heteroatoms. The van der Waals surface area contributed by atoms with Gasteiger partial charge < -0.3 is 24.3 Å². The molecule has 0 radical (unpaired) electrons. The van der Waals surface area contributed by atoms with Gasteiger partial charge in [0.05, 0.1) is 7.11 Å². The van der Waals surface area contributed by atoms with Gasteiger partial charge in [-0.05, 0) is 38.6 Å². The Balaban J connectivity index is 1.32. The number of anilines is 3. The molecule has 33 heavy (non-hydrogen) atoms. The number of para-hydroxylation sites is 1. The standard InChI is InChI=1S/C25H33N7O/c1-18-16-22(28-25-20(18)6-5-7-21(25)33-4)31-12-14-32(15-13-31)24-17-23(26-19(2)27-24)30-10-8-29(3)9-11-30/h5-7,16-17H,8-15H2,1-4H3. The van der Waals surface area contributed by atoms with E-state index in [1.165, 1.54) is 5.56 Å².